The van der Waals surface area contributed by atoms with Crippen LogP contribution in [0.15, 0.2) is 4.90 Å². The van der Waals surface area contributed by atoms with Crippen LogP contribution in [0.2, 0.25) is 0 Å². The van der Waals surface area contributed by atoms with Crippen molar-refractivity contribution in [3.8, 4) is 0 Å². The van der Waals surface area contributed by atoms with Crippen LogP contribution in [0, 0.1) is 13.8 Å². The molecule has 1 atom stereocenters. The molecule has 0 aliphatic carbocycles. The zero-order valence-electron chi connectivity index (χ0n) is 12.5. The molecular weight excluding hydrogens is 294 g/mol. The molecule has 0 saturated carbocycles. The number of nitrogens with zero attached hydrogens (tertiary/aromatic N) is 1. The molecule has 0 radical (unpaired) electrons. The number of rotatable bonds is 4. The fourth-order valence-corrected chi connectivity index (χ4v) is 4.55. The predicted molar refractivity (Wildman–Crippen MR) is 77.6 cm³/mol. The lowest BCUT2D eigenvalue weighted by Crippen LogP contribution is -2.32. The van der Waals surface area contributed by atoms with Crippen molar-refractivity contribution >= 4 is 16.0 Å². The van der Waals surface area contributed by atoms with E-state index in [4.69, 9.17) is 10.5 Å². The molecule has 7 nitrogen and oxygen atoms in total. The average Bonchev–Trinajstić information content (AvgIpc) is 2.94. The number of H-pyrrole nitrogens is 1. The average molecular weight is 315 g/mol. The molecule has 1 fully saturated rings. The highest BCUT2D eigenvalue weighted by molar-refractivity contribution is 7.89. The van der Waals surface area contributed by atoms with Crippen LogP contribution < -0.4 is 5.73 Å². The van der Waals surface area contributed by atoms with Crippen molar-refractivity contribution in [2.45, 2.75) is 38.1 Å². The summed E-state index contributed by atoms with van der Waals surface area (Å²) in [5, 5.41) is 0. The molecule has 0 bridgehead atoms. The molecular formula is C13H21N3O4S. The van der Waals surface area contributed by atoms with E-state index in [0.717, 1.165) is 0 Å². The molecule has 1 aromatic heterocycles. The molecule has 0 amide bonds. The molecule has 2 heterocycles. The van der Waals surface area contributed by atoms with Gasteiger partial charge in [-0.1, -0.05) is 0 Å². The Morgan fingerprint density at radius 2 is 2.14 bits per heavy atom. The van der Waals surface area contributed by atoms with Crippen LogP contribution in [0.5, 0.6) is 0 Å². The molecule has 1 unspecified atom stereocenters. The first kappa shape index (κ1) is 16.0. The maximum atomic E-state index is 12.7. The molecule has 3 N–H and O–H groups in total. The maximum Gasteiger partial charge on any atom is 0.355 e. The van der Waals surface area contributed by atoms with E-state index < -0.39 is 16.0 Å². The molecule has 2 rings (SSSR count). The SMILES string of the molecule is CCOC(=O)c1[nH]c(C)c(S(=O)(=O)N2CCC(N)C2)c1C. The quantitative estimate of drug-likeness (QED) is 0.788. The molecule has 1 aliphatic heterocycles. The summed E-state index contributed by atoms with van der Waals surface area (Å²) in [5.41, 5.74) is 6.81. The highest BCUT2D eigenvalue weighted by Crippen LogP contribution is 2.28. The number of esters is 1. The molecule has 118 valence electrons. The van der Waals surface area contributed by atoms with E-state index in [1.807, 2.05) is 0 Å². The van der Waals surface area contributed by atoms with Crippen molar-refractivity contribution in [3.63, 3.8) is 0 Å². The third-order valence-corrected chi connectivity index (χ3v) is 5.77. The summed E-state index contributed by atoms with van der Waals surface area (Å²) < 4.78 is 31.7. The summed E-state index contributed by atoms with van der Waals surface area (Å²) >= 11 is 0. The number of carbonyl (C=O) groups excluding carboxylic acids is 1. The van der Waals surface area contributed by atoms with E-state index in [1.165, 1.54) is 4.31 Å². The number of nitrogens with two attached hydrogens (primary N) is 1. The first-order valence-corrected chi connectivity index (χ1v) is 8.35. The van der Waals surface area contributed by atoms with E-state index in [1.54, 1.807) is 20.8 Å². The second kappa shape index (κ2) is 5.78. The number of sulfonamides is 1. The molecule has 1 aliphatic rings. The predicted octanol–water partition coefficient (Wildman–Crippen LogP) is 0.530. The highest BCUT2D eigenvalue weighted by atomic mass is 32.2. The number of ether oxygens (including phenoxy) is 1. The van der Waals surface area contributed by atoms with Gasteiger partial charge in [-0.2, -0.15) is 4.31 Å². The van der Waals surface area contributed by atoms with Gasteiger partial charge >= 0.3 is 5.97 Å². The van der Waals surface area contributed by atoms with Gasteiger partial charge in [-0.3, -0.25) is 0 Å². The van der Waals surface area contributed by atoms with Crippen molar-refractivity contribution in [2.24, 2.45) is 5.73 Å². The Balaban J connectivity index is 2.42. The third kappa shape index (κ3) is 2.83. The maximum absolute atomic E-state index is 12.7. The van der Waals surface area contributed by atoms with Crippen LogP contribution in [0.4, 0.5) is 0 Å². The lowest BCUT2D eigenvalue weighted by molar-refractivity contribution is 0.0519. The van der Waals surface area contributed by atoms with Gasteiger partial charge in [-0.05, 0) is 27.2 Å². The topological polar surface area (TPSA) is 105 Å². The van der Waals surface area contributed by atoms with Crippen LogP contribution in [-0.2, 0) is 14.8 Å². The number of carbonyl (C=O) groups is 1. The molecule has 0 spiro atoms. The number of hydrogen-bond donors (Lipinski definition) is 2. The van der Waals surface area contributed by atoms with E-state index in [0.29, 0.717) is 30.8 Å². The van der Waals surface area contributed by atoms with E-state index in [2.05, 4.69) is 4.98 Å². The molecule has 1 aromatic rings. The lowest BCUT2D eigenvalue weighted by atomic mass is 10.2. The molecule has 8 heteroatoms. The van der Waals surface area contributed by atoms with Crippen molar-refractivity contribution in [1.29, 1.82) is 0 Å². The van der Waals surface area contributed by atoms with Crippen molar-refractivity contribution in [1.82, 2.24) is 9.29 Å². The second-order valence-corrected chi connectivity index (χ2v) is 7.09. The summed E-state index contributed by atoms with van der Waals surface area (Å²) in [6, 6.07) is -0.135. The van der Waals surface area contributed by atoms with E-state index in [-0.39, 0.29) is 23.2 Å². The van der Waals surface area contributed by atoms with Gasteiger partial charge in [0.1, 0.15) is 10.6 Å². The normalized spacial score (nSPS) is 19.9. The third-order valence-electron chi connectivity index (χ3n) is 3.63. The van der Waals surface area contributed by atoms with Gasteiger partial charge in [0.05, 0.1) is 6.61 Å². The van der Waals surface area contributed by atoms with E-state index >= 15 is 0 Å². The number of aromatic nitrogens is 1. The fourth-order valence-electron chi connectivity index (χ4n) is 2.63. The summed E-state index contributed by atoms with van der Waals surface area (Å²) in [6.07, 6.45) is 0.645. The highest BCUT2D eigenvalue weighted by Gasteiger charge is 2.35. The Bertz CT molecular complexity index is 651. The van der Waals surface area contributed by atoms with Crippen LogP contribution in [0.3, 0.4) is 0 Å². The Hall–Kier alpha value is -1.38. The zero-order valence-corrected chi connectivity index (χ0v) is 13.3. The van der Waals surface area contributed by atoms with E-state index in [9.17, 15) is 13.2 Å². The van der Waals surface area contributed by atoms with Crippen LogP contribution >= 0.6 is 0 Å². The minimum atomic E-state index is -3.65. The Morgan fingerprint density at radius 1 is 1.48 bits per heavy atom. The van der Waals surface area contributed by atoms with Crippen molar-refractivity contribution in [2.75, 3.05) is 19.7 Å². The molecule has 0 aromatic carbocycles. The van der Waals surface area contributed by atoms with Crippen LogP contribution in [0.1, 0.15) is 35.1 Å². The smallest absolute Gasteiger partial charge is 0.355 e. The van der Waals surface area contributed by atoms with Gasteiger partial charge < -0.3 is 15.5 Å². The minimum absolute atomic E-state index is 0.135. The Morgan fingerprint density at radius 3 is 2.67 bits per heavy atom. The number of hydrogen-bond acceptors (Lipinski definition) is 5. The summed E-state index contributed by atoms with van der Waals surface area (Å²) in [5.74, 6) is -0.544. The number of aryl methyl sites for hydroxylation is 1. The van der Waals surface area contributed by atoms with Crippen molar-refractivity contribution < 1.29 is 17.9 Å². The fraction of sp³-hybridized carbons (Fsp3) is 0.615. The first-order chi connectivity index (χ1) is 9.78. The Kier molecular flexibility index (Phi) is 4.40. The van der Waals surface area contributed by atoms with Crippen LogP contribution in [0.25, 0.3) is 0 Å². The molecule has 1 saturated heterocycles. The van der Waals surface area contributed by atoms with Crippen molar-refractivity contribution in [3.05, 3.63) is 17.0 Å². The zero-order chi connectivity index (χ0) is 15.8. The number of aromatic amines is 1. The summed E-state index contributed by atoms with van der Waals surface area (Å²) in [6.45, 7) is 5.90. The number of nitrogens with one attached hydrogen (secondary N) is 1. The van der Waals surface area contributed by atoms with Gasteiger partial charge in [0.2, 0.25) is 10.0 Å². The summed E-state index contributed by atoms with van der Waals surface area (Å²) in [7, 11) is -3.65. The van der Waals surface area contributed by atoms with Crippen LogP contribution in [-0.4, -0.2) is 49.4 Å². The van der Waals surface area contributed by atoms with Gasteiger partial charge in [-0.25, -0.2) is 13.2 Å². The van der Waals surface area contributed by atoms with Gasteiger partial charge in [0, 0.05) is 30.4 Å². The van der Waals surface area contributed by atoms with Gasteiger partial charge in [-0.15, -0.1) is 0 Å². The second-order valence-electron chi connectivity index (χ2n) is 5.21. The van der Waals surface area contributed by atoms with Gasteiger partial charge in [0.15, 0.2) is 0 Å². The van der Waals surface area contributed by atoms with Gasteiger partial charge in [0.25, 0.3) is 0 Å². The minimum Gasteiger partial charge on any atom is -0.461 e. The standard InChI is InChI=1S/C13H21N3O4S/c1-4-20-13(17)11-8(2)12(9(3)15-11)21(18,19)16-6-5-10(14)7-16/h10,15H,4-7,14H2,1-3H3. The Labute approximate surface area is 124 Å². The monoisotopic (exact) mass is 315 g/mol. The lowest BCUT2D eigenvalue weighted by Gasteiger charge is -2.16. The first-order valence-electron chi connectivity index (χ1n) is 6.91. The molecule has 21 heavy (non-hydrogen) atoms. The largest absolute Gasteiger partial charge is 0.461 e. The summed E-state index contributed by atoms with van der Waals surface area (Å²) in [4.78, 5) is 14.8.